The van der Waals surface area contributed by atoms with Gasteiger partial charge in [-0.15, -0.1) is 0 Å². The molecule has 0 aromatic heterocycles. The standard InChI is InChI=1S/C43H54N2O2.2ClH.Ti/c1-28-20-30(39(46)33(22-28)34-24-41(3,4)35-15-11-10-14-32(34)35)25-45(19-18-44(8)9)26-31-21-29(2)23-38(40(31)47)43(7)27-42(5,6)36-16-12-13-17-37(36)43;;;/h10-17,20-23,34,46-47H,18-19,24-27H2,1-9H3;2*1H;/q;;;+2/p-2. The van der Waals surface area contributed by atoms with E-state index in [9.17, 15) is 10.2 Å². The van der Waals surface area contributed by atoms with Crippen LogP contribution in [0.25, 0.3) is 0 Å². The first-order chi connectivity index (χ1) is 23.5. The fraction of sp³-hybridized carbons (Fsp3) is 0.442. The molecule has 4 aromatic carbocycles. The van der Waals surface area contributed by atoms with E-state index >= 15 is 0 Å². The number of aryl methyl sites for hydroxylation is 2. The summed E-state index contributed by atoms with van der Waals surface area (Å²) in [6.07, 6.45) is 1.92. The van der Waals surface area contributed by atoms with Crippen molar-refractivity contribution in [1.82, 2.24) is 9.80 Å². The van der Waals surface area contributed by atoms with Crippen LogP contribution in [-0.2, 0) is 46.4 Å². The molecule has 0 heterocycles. The summed E-state index contributed by atoms with van der Waals surface area (Å²) in [5.74, 6) is 0.978. The fourth-order valence-electron chi connectivity index (χ4n) is 9.00. The number of hydrogen-bond donors (Lipinski definition) is 2. The molecule has 266 valence electrons. The van der Waals surface area contributed by atoms with Crippen LogP contribution >= 0.6 is 18.6 Å². The quantitative estimate of drug-likeness (QED) is 0.167. The molecule has 0 saturated heterocycles. The Morgan fingerprint density at radius 3 is 1.84 bits per heavy atom. The van der Waals surface area contributed by atoms with Crippen LogP contribution in [0.5, 0.6) is 11.5 Å². The first-order valence-corrected chi connectivity index (χ1v) is 22.0. The molecule has 0 spiro atoms. The van der Waals surface area contributed by atoms with E-state index in [2.05, 4.69) is 145 Å². The Morgan fingerprint density at radius 1 is 0.680 bits per heavy atom. The molecule has 2 unspecified atom stereocenters. The zero-order valence-electron chi connectivity index (χ0n) is 31.3. The second kappa shape index (κ2) is 15.4. The minimum absolute atomic E-state index is 0.0227. The number of nitrogens with zero attached hydrogens (tertiary/aromatic N) is 2. The second-order valence-corrected chi connectivity index (χ2v) is 19.0. The molecule has 2 atom stereocenters. The molecule has 0 saturated carbocycles. The van der Waals surface area contributed by atoms with Gasteiger partial charge in [0.15, 0.2) is 0 Å². The van der Waals surface area contributed by atoms with E-state index in [-0.39, 0.29) is 22.2 Å². The Kier molecular flexibility index (Phi) is 11.9. The van der Waals surface area contributed by atoms with Crippen molar-refractivity contribution in [3.63, 3.8) is 0 Å². The van der Waals surface area contributed by atoms with Crippen molar-refractivity contribution in [3.8, 4) is 11.5 Å². The zero-order valence-corrected chi connectivity index (χ0v) is 34.4. The maximum absolute atomic E-state index is 12.1. The summed E-state index contributed by atoms with van der Waals surface area (Å²) in [4.78, 5) is 4.59. The third kappa shape index (κ3) is 7.87. The Labute approximate surface area is 317 Å². The molecular weight excluding hydrogens is 695 g/mol. The molecule has 0 amide bonds. The van der Waals surface area contributed by atoms with Gasteiger partial charge in [0.1, 0.15) is 11.5 Å². The Bertz CT molecular complexity index is 1840. The number of phenolic OH excluding ortho intramolecular Hbond substituents is 2. The van der Waals surface area contributed by atoms with Crippen LogP contribution < -0.4 is 0 Å². The van der Waals surface area contributed by atoms with Crippen molar-refractivity contribution in [3.05, 3.63) is 128 Å². The number of halogens is 2. The van der Waals surface area contributed by atoms with E-state index in [1.54, 1.807) is 0 Å². The van der Waals surface area contributed by atoms with Crippen LogP contribution in [0.3, 0.4) is 0 Å². The van der Waals surface area contributed by atoms with Crippen LogP contribution in [0.1, 0.15) is 109 Å². The van der Waals surface area contributed by atoms with Gasteiger partial charge in [0, 0.05) is 59.8 Å². The van der Waals surface area contributed by atoms with Crippen molar-refractivity contribution < 1.29 is 27.2 Å². The molecule has 50 heavy (non-hydrogen) atoms. The Hall–Kier alpha value is -2.31. The fourth-order valence-corrected chi connectivity index (χ4v) is 9.00. The summed E-state index contributed by atoms with van der Waals surface area (Å²) in [6.45, 7) is 18.7. The van der Waals surface area contributed by atoms with Gasteiger partial charge in [-0.25, -0.2) is 0 Å². The van der Waals surface area contributed by atoms with Crippen LogP contribution in [0, 0.1) is 13.8 Å². The van der Waals surface area contributed by atoms with Crippen molar-refractivity contribution >= 4 is 18.6 Å². The number of rotatable bonds is 9. The van der Waals surface area contributed by atoms with Gasteiger partial charge in [-0.2, -0.15) is 0 Å². The molecule has 0 radical (unpaired) electrons. The predicted molar refractivity (Wildman–Crippen MR) is 207 cm³/mol. The molecular formula is C43H54Cl2N2O2Ti. The molecule has 2 aliphatic carbocycles. The van der Waals surface area contributed by atoms with Gasteiger partial charge in [0.05, 0.1) is 0 Å². The van der Waals surface area contributed by atoms with Crippen molar-refractivity contribution in [2.45, 2.75) is 96.6 Å². The van der Waals surface area contributed by atoms with Gasteiger partial charge in [0.2, 0.25) is 0 Å². The topological polar surface area (TPSA) is 46.9 Å². The monoisotopic (exact) mass is 748 g/mol. The number of phenols is 2. The van der Waals surface area contributed by atoms with Gasteiger partial charge in [-0.3, -0.25) is 4.90 Å². The Morgan fingerprint density at radius 2 is 1.22 bits per heavy atom. The molecule has 7 heteroatoms. The van der Waals surface area contributed by atoms with Gasteiger partial charge < -0.3 is 15.1 Å². The summed E-state index contributed by atoms with van der Waals surface area (Å²) in [7, 11) is 14.0. The van der Waals surface area contributed by atoms with Crippen LogP contribution in [0.15, 0.2) is 72.8 Å². The normalized spacial score (nSPS) is 20.0. The summed E-state index contributed by atoms with van der Waals surface area (Å²) in [5.41, 5.74) is 11.5. The van der Waals surface area contributed by atoms with Gasteiger partial charge in [-0.05, 0) is 73.9 Å². The number of likely N-dealkylation sites (N-methyl/N-ethyl adjacent to an activating group) is 1. The molecule has 4 nitrogen and oxygen atoms in total. The van der Waals surface area contributed by atoms with Crippen LogP contribution in [-0.4, -0.2) is 47.2 Å². The second-order valence-electron chi connectivity index (χ2n) is 16.4. The van der Waals surface area contributed by atoms with E-state index in [1.165, 1.54) is 27.8 Å². The molecule has 6 rings (SSSR count). The van der Waals surface area contributed by atoms with Gasteiger partial charge >= 0.3 is 35.6 Å². The molecule has 0 fully saturated rings. The average Bonchev–Trinajstić information content (AvgIpc) is 3.45. The predicted octanol–water partition coefficient (Wildman–Crippen LogP) is 10.5. The van der Waals surface area contributed by atoms with E-state index in [1.807, 2.05) is 0 Å². The minimum atomic E-state index is -0.556. The summed E-state index contributed by atoms with van der Waals surface area (Å²) in [6, 6.07) is 26.2. The van der Waals surface area contributed by atoms with Crippen LogP contribution in [0.4, 0.5) is 0 Å². The third-order valence-electron chi connectivity index (χ3n) is 11.1. The summed E-state index contributed by atoms with van der Waals surface area (Å²) in [5, 5.41) is 24.0. The van der Waals surface area contributed by atoms with E-state index in [0.29, 0.717) is 24.6 Å². The first kappa shape index (κ1) is 38.9. The number of hydrogen-bond acceptors (Lipinski definition) is 4. The average molecular weight is 750 g/mol. The molecule has 2 N–H and O–H groups in total. The number of fused-ring (bicyclic) bond motifs is 2. The maximum atomic E-state index is 12.1. The van der Waals surface area contributed by atoms with Gasteiger partial charge in [-0.1, -0.05) is 119 Å². The molecule has 0 bridgehead atoms. The zero-order chi connectivity index (χ0) is 36.6. The van der Waals surface area contributed by atoms with Crippen molar-refractivity contribution in [2.75, 3.05) is 27.2 Å². The number of aromatic hydroxyl groups is 2. The van der Waals surface area contributed by atoms with Crippen molar-refractivity contribution in [1.29, 1.82) is 0 Å². The molecule has 4 aromatic rings. The van der Waals surface area contributed by atoms with E-state index in [4.69, 9.17) is 18.6 Å². The van der Waals surface area contributed by atoms with Gasteiger partial charge in [0.25, 0.3) is 0 Å². The van der Waals surface area contributed by atoms with Crippen LogP contribution in [0.2, 0.25) is 0 Å². The molecule has 0 aliphatic heterocycles. The first-order valence-electron chi connectivity index (χ1n) is 17.7. The number of benzene rings is 4. The summed E-state index contributed by atoms with van der Waals surface area (Å²) < 4.78 is 0. The molecule has 2 aliphatic rings. The van der Waals surface area contributed by atoms with E-state index < -0.39 is 17.0 Å². The third-order valence-corrected chi connectivity index (χ3v) is 11.1. The Balaban J connectivity index is 0.00000156. The van der Waals surface area contributed by atoms with Crippen molar-refractivity contribution in [2.24, 2.45) is 0 Å². The van der Waals surface area contributed by atoms with E-state index in [0.717, 1.165) is 53.7 Å². The SMILES string of the molecule is Cc1cc(CN(CCN(C)C)Cc2cc(C)cc(C3(C)CC(C)(C)c4ccccc43)c2O)c(O)c(C2CC(C)(C)c3ccccc32)c1.[Cl][Ti][Cl]. The summed E-state index contributed by atoms with van der Waals surface area (Å²) >= 11 is -0.556.